The van der Waals surface area contributed by atoms with Gasteiger partial charge in [0, 0.05) is 25.6 Å². The lowest BCUT2D eigenvalue weighted by Gasteiger charge is -2.45. The van der Waals surface area contributed by atoms with E-state index in [1.165, 1.54) is 30.6 Å². The molecule has 3 heterocycles. The molecule has 0 amide bonds. The van der Waals surface area contributed by atoms with E-state index in [2.05, 4.69) is 40.8 Å². The van der Waals surface area contributed by atoms with Gasteiger partial charge in [0.2, 0.25) is 0 Å². The summed E-state index contributed by atoms with van der Waals surface area (Å²) in [4.78, 5) is 4.64. The van der Waals surface area contributed by atoms with Gasteiger partial charge in [-0.15, -0.1) is 5.10 Å². The van der Waals surface area contributed by atoms with E-state index in [0.717, 1.165) is 37.6 Å². The molecule has 2 aliphatic heterocycles. The average Bonchev–Trinajstić information content (AvgIpc) is 3.26. The zero-order valence-electron chi connectivity index (χ0n) is 16.4. The van der Waals surface area contributed by atoms with Crippen molar-refractivity contribution in [2.24, 2.45) is 0 Å². The van der Waals surface area contributed by atoms with Crippen LogP contribution < -0.4 is 4.65 Å². The molecular formula is C18H33N5O2S. The monoisotopic (exact) mass is 383 g/mol. The standard InChI is InChI=1S/C18H33N5O2S/c1-4-5-6-7-8-21-13-16(22-9-11-25-12-10-22)23(24,14-21)18-20-19-17(26-18)15(2)3/h15-16H,4-14H2,1-3H3. The van der Waals surface area contributed by atoms with Crippen LogP contribution in [0, 0.1) is 5.21 Å². The van der Waals surface area contributed by atoms with Gasteiger partial charge >= 0.3 is 5.13 Å². The second-order valence-corrected chi connectivity index (χ2v) is 8.77. The normalized spacial score (nSPS) is 28.3. The number of quaternary nitrogens is 1. The Hall–Kier alpha value is -0.640. The first kappa shape index (κ1) is 20.1. The summed E-state index contributed by atoms with van der Waals surface area (Å²) in [5.41, 5.74) is 0. The Morgan fingerprint density at radius 3 is 2.65 bits per heavy atom. The number of hydroxylamine groups is 2. The van der Waals surface area contributed by atoms with E-state index < -0.39 is 0 Å². The topological polar surface area (TPSA) is 64.5 Å². The number of morpholine rings is 1. The summed E-state index contributed by atoms with van der Waals surface area (Å²) in [5, 5.41) is 24.2. The Balaban J connectivity index is 1.75. The van der Waals surface area contributed by atoms with Crippen molar-refractivity contribution in [2.75, 3.05) is 46.1 Å². The summed E-state index contributed by atoms with van der Waals surface area (Å²) in [6.45, 7) is 11.8. The number of hydrogen-bond acceptors (Lipinski definition) is 7. The van der Waals surface area contributed by atoms with E-state index in [0.29, 0.717) is 30.9 Å². The molecule has 7 nitrogen and oxygen atoms in total. The number of unbranched alkanes of at least 4 members (excludes halogenated alkanes) is 3. The van der Waals surface area contributed by atoms with Crippen LogP contribution in [0.25, 0.3) is 0 Å². The summed E-state index contributed by atoms with van der Waals surface area (Å²) in [7, 11) is 0. The third-order valence-electron chi connectivity index (χ3n) is 5.36. The van der Waals surface area contributed by atoms with E-state index in [-0.39, 0.29) is 10.8 Å². The van der Waals surface area contributed by atoms with Gasteiger partial charge in [0.05, 0.1) is 19.8 Å². The van der Waals surface area contributed by atoms with Crippen LogP contribution in [0.1, 0.15) is 57.4 Å². The molecular weight excluding hydrogens is 350 g/mol. The van der Waals surface area contributed by atoms with E-state index in [4.69, 9.17) is 4.74 Å². The Morgan fingerprint density at radius 2 is 2.00 bits per heavy atom. The number of nitrogens with zero attached hydrogens (tertiary/aromatic N) is 5. The van der Waals surface area contributed by atoms with Gasteiger partial charge in [0.1, 0.15) is 11.7 Å². The summed E-state index contributed by atoms with van der Waals surface area (Å²) >= 11 is 1.49. The molecule has 2 saturated heterocycles. The highest BCUT2D eigenvalue weighted by Gasteiger charge is 2.47. The highest BCUT2D eigenvalue weighted by Crippen LogP contribution is 2.37. The number of aromatic nitrogens is 2. The van der Waals surface area contributed by atoms with Gasteiger partial charge in [-0.1, -0.05) is 45.1 Å². The molecule has 8 heteroatoms. The first-order valence-electron chi connectivity index (χ1n) is 10.0. The van der Waals surface area contributed by atoms with Crippen LogP contribution in [0.4, 0.5) is 5.13 Å². The van der Waals surface area contributed by atoms with Crippen LogP contribution in [-0.2, 0) is 4.74 Å². The number of rotatable bonds is 8. The van der Waals surface area contributed by atoms with Crippen LogP contribution in [0.2, 0.25) is 0 Å². The second-order valence-electron chi connectivity index (χ2n) is 7.78. The fourth-order valence-corrected chi connectivity index (χ4v) is 4.71. The Kier molecular flexibility index (Phi) is 6.98. The maximum atomic E-state index is 14.0. The fraction of sp³-hybridized carbons (Fsp3) is 0.889. The minimum absolute atomic E-state index is 0.0990. The van der Waals surface area contributed by atoms with Gasteiger partial charge in [0.15, 0.2) is 6.17 Å². The Labute approximate surface area is 161 Å². The zero-order chi connectivity index (χ0) is 18.6. The lowest BCUT2D eigenvalue weighted by molar-refractivity contribution is -0.00417. The van der Waals surface area contributed by atoms with Crippen LogP contribution in [0.5, 0.6) is 0 Å². The van der Waals surface area contributed by atoms with Crippen molar-refractivity contribution in [3.63, 3.8) is 0 Å². The molecule has 0 bridgehead atoms. The fourth-order valence-electron chi connectivity index (χ4n) is 3.79. The summed E-state index contributed by atoms with van der Waals surface area (Å²) in [6.07, 6.45) is 4.81. The molecule has 1 aromatic heterocycles. The Morgan fingerprint density at radius 1 is 1.23 bits per heavy atom. The highest BCUT2D eigenvalue weighted by atomic mass is 32.1. The molecule has 3 rings (SSSR count). The van der Waals surface area contributed by atoms with Gasteiger partial charge in [-0.3, -0.25) is 4.65 Å². The molecule has 2 fully saturated rings. The second kappa shape index (κ2) is 9.03. The first-order chi connectivity index (χ1) is 12.5. The van der Waals surface area contributed by atoms with Crippen LogP contribution in [-0.4, -0.2) is 72.2 Å². The minimum atomic E-state index is -0.377. The quantitative estimate of drug-likeness (QED) is 0.391. The van der Waals surface area contributed by atoms with Crippen molar-refractivity contribution in [1.82, 2.24) is 24.6 Å². The first-order valence-corrected chi connectivity index (χ1v) is 10.8. The molecule has 2 atom stereocenters. The lowest BCUT2D eigenvalue weighted by Crippen LogP contribution is -2.59. The number of hydrogen-bond donors (Lipinski definition) is 0. The molecule has 0 spiro atoms. The molecule has 1 aromatic rings. The van der Waals surface area contributed by atoms with Gasteiger partial charge in [-0.25, -0.2) is 9.80 Å². The maximum Gasteiger partial charge on any atom is 0.309 e. The predicted octanol–water partition coefficient (Wildman–Crippen LogP) is 2.98. The molecule has 2 unspecified atom stereocenters. The lowest BCUT2D eigenvalue weighted by atomic mass is 10.2. The minimum Gasteiger partial charge on any atom is -0.623 e. The molecule has 0 aliphatic carbocycles. The Bertz CT molecular complexity index is 564. The van der Waals surface area contributed by atoms with Gasteiger partial charge in [-0.2, -0.15) is 0 Å². The zero-order valence-corrected chi connectivity index (χ0v) is 17.2. The largest absolute Gasteiger partial charge is 0.623 e. The van der Waals surface area contributed by atoms with E-state index in [1.54, 1.807) is 0 Å². The maximum absolute atomic E-state index is 14.0. The van der Waals surface area contributed by atoms with Gasteiger partial charge in [0.25, 0.3) is 0 Å². The van der Waals surface area contributed by atoms with E-state index in [9.17, 15) is 5.21 Å². The van der Waals surface area contributed by atoms with Crippen molar-refractivity contribution in [2.45, 2.75) is 58.5 Å². The van der Waals surface area contributed by atoms with Crippen molar-refractivity contribution in [3.05, 3.63) is 10.2 Å². The van der Waals surface area contributed by atoms with E-state index in [1.807, 2.05) is 0 Å². The predicted molar refractivity (Wildman–Crippen MR) is 106 cm³/mol. The molecule has 0 radical (unpaired) electrons. The highest BCUT2D eigenvalue weighted by molar-refractivity contribution is 7.15. The SMILES string of the molecule is CCCCCCN1CC(N2CCOCC2)[N+]([O-])(c2nnc(C(C)C)s2)C1. The van der Waals surface area contributed by atoms with Crippen LogP contribution in [0.3, 0.4) is 0 Å². The smallest absolute Gasteiger partial charge is 0.309 e. The number of ether oxygens (including phenoxy) is 1. The van der Waals surface area contributed by atoms with Crippen LogP contribution >= 0.6 is 11.3 Å². The molecule has 0 saturated carbocycles. The third kappa shape index (κ3) is 4.43. The summed E-state index contributed by atoms with van der Waals surface area (Å²) in [6, 6.07) is 0. The summed E-state index contributed by atoms with van der Waals surface area (Å²) in [5.74, 6) is 0.308. The van der Waals surface area contributed by atoms with Crippen molar-refractivity contribution in [1.29, 1.82) is 0 Å². The van der Waals surface area contributed by atoms with E-state index >= 15 is 0 Å². The van der Waals surface area contributed by atoms with Crippen molar-refractivity contribution in [3.8, 4) is 0 Å². The molecule has 148 valence electrons. The average molecular weight is 384 g/mol. The summed E-state index contributed by atoms with van der Waals surface area (Å²) < 4.78 is 5.12. The molecule has 26 heavy (non-hydrogen) atoms. The van der Waals surface area contributed by atoms with Gasteiger partial charge in [-0.05, 0) is 17.8 Å². The van der Waals surface area contributed by atoms with Crippen molar-refractivity contribution >= 4 is 16.5 Å². The van der Waals surface area contributed by atoms with Crippen LogP contribution in [0.15, 0.2) is 0 Å². The molecule has 0 aromatic carbocycles. The third-order valence-corrected chi connectivity index (χ3v) is 6.69. The molecule has 0 N–H and O–H groups in total. The van der Waals surface area contributed by atoms with Crippen molar-refractivity contribution < 1.29 is 4.74 Å². The van der Waals surface area contributed by atoms with Gasteiger partial charge < -0.3 is 9.94 Å². The molecule has 2 aliphatic rings.